The van der Waals surface area contributed by atoms with E-state index in [0.717, 1.165) is 6.07 Å². The summed E-state index contributed by atoms with van der Waals surface area (Å²) in [5.41, 5.74) is 2.75. The molecule has 0 heterocycles. The lowest BCUT2D eigenvalue weighted by molar-refractivity contribution is 0.379. The van der Waals surface area contributed by atoms with Crippen LogP contribution in [0.2, 0.25) is 0 Å². The van der Waals surface area contributed by atoms with Crippen molar-refractivity contribution in [2.75, 3.05) is 7.11 Å². The second kappa shape index (κ2) is 6.60. The molecule has 1 atom stereocenters. The van der Waals surface area contributed by atoms with E-state index < -0.39 is 23.5 Å². The van der Waals surface area contributed by atoms with Crippen molar-refractivity contribution in [2.24, 2.45) is 5.84 Å². The number of nitrogens with two attached hydrogens (primary N) is 1. The molecule has 2 aromatic rings. The van der Waals surface area contributed by atoms with E-state index in [0.29, 0.717) is 0 Å². The highest BCUT2D eigenvalue weighted by molar-refractivity contribution is 5.34. The van der Waals surface area contributed by atoms with Gasteiger partial charge in [-0.15, -0.1) is 0 Å². The van der Waals surface area contributed by atoms with Crippen LogP contribution in [-0.2, 0) is 6.42 Å². The first-order valence-corrected chi connectivity index (χ1v) is 6.30. The highest BCUT2D eigenvalue weighted by Gasteiger charge is 2.20. The van der Waals surface area contributed by atoms with Gasteiger partial charge in [0.15, 0.2) is 23.2 Å². The predicted molar refractivity (Wildman–Crippen MR) is 73.1 cm³/mol. The van der Waals surface area contributed by atoms with E-state index in [4.69, 9.17) is 10.6 Å². The Morgan fingerprint density at radius 2 is 1.81 bits per heavy atom. The Hall–Kier alpha value is -2.05. The molecule has 0 aliphatic heterocycles. The summed E-state index contributed by atoms with van der Waals surface area (Å²) >= 11 is 0. The quantitative estimate of drug-likeness (QED) is 0.659. The molecule has 21 heavy (non-hydrogen) atoms. The highest BCUT2D eigenvalue weighted by Crippen LogP contribution is 2.27. The molecule has 0 aromatic heterocycles. The molecule has 3 N–H and O–H groups in total. The molecule has 2 rings (SSSR count). The van der Waals surface area contributed by atoms with Crippen molar-refractivity contribution in [3.05, 3.63) is 65.0 Å². The molecular weight excluding hydrogens is 281 g/mol. The Morgan fingerprint density at radius 1 is 1.10 bits per heavy atom. The zero-order valence-electron chi connectivity index (χ0n) is 11.4. The van der Waals surface area contributed by atoms with Crippen LogP contribution < -0.4 is 16.0 Å². The number of hydrogen-bond acceptors (Lipinski definition) is 3. The van der Waals surface area contributed by atoms with Gasteiger partial charge in [0.1, 0.15) is 0 Å². The van der Waals surface area contributed by atoms with Crippen LogP contribution in [0.3, 0.4) is 0 Å². The summed E-state index contributed by atoms with van der Waals surface area (Å²) in [6.45, 7) is 0. The van der Waals surface area contributed by atoms with Gasteiger partial charge in [0, 0.05) is 5.56 Å². The summed E-state index contributed by atoms with van der Waals surface area (Å²) in [5.74, 6) is 3.00. The predicted octanol–water partition coefficient (Wildman–Crippen LogP) is 2.86. The largest absolute Gasteiger partial charge is 0.494 e. The third kappa shape index (κ3) is 3.17. The third-order valence-electron chi connectivity index (χ3n) is 3.25. The zero-order chi connectivity index (χ0) is 15.4. The van der Waals surface area contributed by atoms with Gasteiger partial charge in [-0.3, -0.25) is 11.3 Å². The summed E-state index contributed by atoms with van der Waals surface area (Å²) in [6, 6.07) is 7.72. The van der Waals surface area contributed by atoms with Crippen LogP contribution in [0.4, 0.5) is 13.2 Å². The van der Waals surface area contributed by atoms with Gasteiger partial charge in [-0.25, -0.2) is 13.2 Å². The van der Waals surface area contributed by atoms with E-state index in [1.54, 1.807) is 6.07 Å². The van der Waals surface area contributed by atoms with Crippen molar-refractivity contribution in [2.45, 2.75) is 12.5 Å². The van der Waals surface area contributed by atoms with Gasteiger partial charge in [-0.2, -0.15) is 0 Å². The van der Waals surface area contributed by atoms with Crippen molar-refractivity contribution >= 4 is 0 Å². The molecule has 6 heteroatoms. The van der Waals surface area contributed by atoms with Gasteiger partial charge in [0.05, 0.1) is 13.2 Å². The van der Waals surface area contributed by atoms with Gasteiger partial charge in [0.2, 0.25) is 0 Å². The summed E-state index contributed by atoms with van der Waals surface area (Å²) in [6.07, 6.45) is 0.00415. The molecule has 0 bridgehead atoms. The van der Waals surface area contributed by atoms with E-state index in [1.165, 1.54) is 31.4 Å². The number of benzene rings is 2. The lowest BCUT2D eigenvalue weighted by Crippen LogP contribution is -2.30. The third-order valence-corrected chi connectivity index (χ3v) is 3.25. The van der Waals surface area contributed by atoms with Crippen molar-refractivity contribution in [1.29, 1.82) is 0 Å². The summed E-state index contributed by atoms with van der Waals surface area (Å²) in [4.78, 5) is 0. The molecule has 0 aliphatic carbocycles. The molecule has 3 nitrogen and oxygen atoms in total. The molecular formula is C15H15F3N2O. The smallest absolute Gasteiger partial charge is 0.169 e. The number of nitrogens with one attached hydrogen (secondary N) is 1. The fraction of sp³-hybridized carbons (Fsp3) is 0.200. The minimum atomic E-state index is -0.957. The number of rotatable bonds is 5. The van der Waals surface area contributed by atoms with Crippen LogP contribution >= 0.6 is 0 Å². The Morgan fingerprint density at radius 3 is 2.48 bits per heavy atom. The first-order chi connectivity index (χ1) is 10.1. The minimum Gasteiger partial charge on any atom is -0.494 e. The van der Waals surface area contributed by atoms with Gasteiger partial charge in [-0.1, -0.05) is 24.3 Å². The lowest BCUT2D eigenvalue weighted by atomic mass is 9.98. The van der Waals surface area contributed by atoms with Gasteiger partial charge < -0.3 is 4.74 Å². The second-order valence-electron chi connectivity index (χ2n) is 4.50. The maximum absolute atomic E-state index is 14.2. The normalized spacial score (nSPS) is 12.2. The molecule has 0 spiro atoms. The number of hydrogen-bond donors (Lipinski definition) is 2. The molecule has 0 saturated heterocycles. The Bertz CT molecular complexity index is 634. The van der Waals surface area contributed by atoms with Crippen LogP contribution in [0.25, 0.3) is 0 Å². The van der Waals surface area contributed by atoms with Crippen LogP contribution in [-0.4, -0.2) is 7.11 Å². The van der Waals surface area contributed by atoms with Crippen molar-refractivity contribution < 1.29 is 17.9 Å². The maximum Gasteiger partial charge on any atom is 0.169 e. The number of ether oxygens (including phenoxy) is 1. The van der Waals surface area contributed by atoms with E-state index in [1.807, 2.05) is 0 Å². The molecule has 1 unspecified atom stereocenters. The summed E-state index contributed by atoms with van der Waals surface area (Å²) < 4.78 is 46.0. The van der Waals surface area contributed by atoms with Crippen LogP contribution in [0.1, 0.15) is 17.2 Å². The standard InChI is InChI=1S/C15H15F3N2O/c1-21-13-7-3-5-10(15(13)18)12(20-19)8-9-4-2-6-11(16)14(9)17/h2-7,12,20H,8,19H2,1H3. The number of halogens is 3. The molecule has 112 valence electrons. The van der Waals surface area contributed by atoms with Crippen molar-refractivity contribution in [1.82, 2.24) is 5.43 Å². The SMILES string of the molecule is COc1cccc(C(Cc2cccc(F)c2F)NN)c1F. The molecule has 0 aliphatic rings. The fourth-order valence-corrected chi connectivity index (χ4v) is 2.14. The Labute approximate surface area is 120 Å². The number of hydrazine groups is 1. The van der Waals surface area contributed by atoms with Crippen molar-refractivity contribution in [3.8, 4) is 5.75 Å². The number of methoxy groups -OCH3 is 1. The molecule has 0 radical (unpaired) electrons. The van der Waals surface area contributed by atoms with Gasteiger partial charge in [0.25, 0.3) is 0 Å². The molecule has 2 aromatic carbocycles. The second-order valence-corrected chi connectivity index (χ2v) is 4.50. The molecule has 0 saturated carbocycles. The van der Waals surface area contributed by atoms with Crippen molar-refractivity contribution in [3.63, 3.8) is 0 Å². The summed E-state index contributed by atoms with van der Waals surface area (Å²) in [5, 5.41) is 0. The van der Waals surface area contributed by atoms with Crippen LogP contribution in [0, 0.1) is 17.5 Å². The Kier molecular flexibility index (Phi) is 4.82. The van der Waals surface area contributed by atoms with Crippen LogP contribution in [0.5, 0.6) is 5.75 Å². The first kappa shape index (κ1) is 15.3. The van der Waals surface area contributed by atoms with E-state index >= 15 is 0 Å². The van der Waals surface area contributed by atoms with Crippen LogP contribution in [0.15, 0.2) is 36.4 Å². The monoisotopic (exact) mass is 296 g/mol. The highest BCUT2D eigenvalue weighted by atomic mass is 19.2. The fourth-order valence-electron chi connectivity index (χ4n) is 2.14. The minimum absolute atomic E-state index is 0.00415. The zero-order valence-corrected chi connectivity index (χ0v) is 11.4. The van der Waals surface area contributed by atoms with E-state index in [-0.39, 0.29) is 23.3 Å². The van der Waals surface area contributed by atoms with Gasteiger partial charge >= 0.3 is 0 Å². The molecule has 0 fully saturated rings. The topological polar surface area (TPSA) is 47.3 Å². The molecule has 0 amide bonds. The maximum atomic E-state index is 14.2. The summed E-state index contributed by atoms with van der Waals surface area (Å²) in [7, 11) is 1.35. The lowest BCUT2D eigenvalue weighted by Gasteiger charge is -2.18. The van der Waals surface area contributed by atoms with E-state index in [9.17, 15) is 13.2 Å². The van der Waals surface area contributed by atoms with E-state index in [2.05, 4.69) is 5.43 Å². The average Bonchev–Trinajstić information content (AvgIpc) is 2.49. The van der Waals surface area contributed by atoms with Gasteiger partial charge in [-0.05, 0) is 24.1 Å². The Balaban J connectivity index is 2.35. The first-order valence-electron chi connectivity index (χ1n) is 6.30. The average molecular weight is 296 g/mol.